The lowest BCUT2D eigenvalue weighted by Crippen LogP contribution is -2.64. The molecule has 13 rings (SSSR count). The Morgan fingerprint density at radius 3 is 1.38 bits per heavy atom. The number of hydrogen-bond donors (Lipinski definition) is 0. The quantitative estimate of drug-likeness (QED) is 0.206. The molecule has 234 valence electrons. The van der Waals surface area contributed by atoms with Crippen molar-refractivity contribution in [3.8, 4) is 0 Å². The molecule has 0 N–H and O–H groups in total. The summed E-state index contributed by atoms with van der Waals surface area (Å²) >= 11 is 0. The minimum absolute atomic E-state index is 0.376. The maximum Gasteiger partial charge on any atom is 0.135 e. The van der Waals surface area contributed by atoms with Crippen molar-refractivity contribution in [3.05, 3.63) is 107 Å². The monoisotopic (exact) mass is 600 g/mol. The van der Waals surface area contributed by atoms with Gasteiger partial charge < -0.3 is 0 Å². The minimum Gasteiger partial charge on any atom is -0.260 e. The molecule has 12 bridgehead atoms. The SMILES string of the molecule is CC1(C)c2ccc(cn2)C(C)(C)C2(C)c3ccc(cn3)C1(C)CC1(C)c3ncc(cn3)C2(C)C(C)(C)c2cnc(cn2)C1(C)C. The summed E-state index contributed by atoms with van der Waals surface area (Å²) in [6.45, 7) is 28.0. The van der Waals surface area contributed by atoms with E-state index in [1.165, 1.54) is 11.1 Å². The number of nitrogens with zero attached hydrogens (tertiary/aromatic N) is 6. The summed E-state index contributed by atoms with van der Waals surface area (Å²) in [6.07, 6.45) is 13.3. The van der Waals surface area contributed by atoms with Gasteiger partial charge in [0.15, 0.2) is 0 Å². The van der Waals surface area contributed by atoms with Crippen LogP contribution in [0.3, 0.4) is 0 Å². The average Bonchev–Trinajstić information content (AvgIpc) is 3.03. The standard InChI is InChI=1S/C39H48N6/c1-32(2)24-13-15-27(40-17-24)33(3,4)36(9)23-37(10)31-44-19-26(20-45-31)38(11,39(32,12)28-16-14-25(36)18-41-28)35(7,8)30-22-42-29(21-43-30)34(37,5)6/h13-22H,23H2,1-12H3. The fraction of sp³-hybridized carbons (Fsp3) is 0.538. The van der Waals surface area contributed by atoms with Crippen LogP contribution in [-0.4, -0.2) is 29.9 Å². The summed E-state index contributed by atoms with van der Waals surface area (Å²) in [7, 11) is 0. The molecule has 1 aliphatic carbocycles. The molecule has 0 radical (unpaired) electrons. The zero-order chi connectivity index (χ0) is 32.6. The highest BCUT2D eigenvalue weighted by molar-refractivity contribution is 5.50. The largest absolute Gasteiger partial charge is 0.260 e. The number of pyridine rings is 2. The Morgan fingerprint density at radius 2 is 0.844 bits per heavy atom. The van der Waals surface area contributed by atoms with Gasteiger partial charge in [-0.15, -0.1) is 0 Å². The molecule has 4 atom stereocenters. The number of rotatable bonds is 0. The number of hydrogen-bond acceptors (Lipinski definition) is 6. The molecule has 8 aliphatic heterocycles. The highest BCUT2D eigenvalue weighted by atomic mass is 14.9. The fourth-order valence-electron chi connectivity index (χ4n) is 9.55. The van der Waals surface area contributed by atoms with Crippen molar-refractivity contribution >= 4 is 0 Å². The van der Waals surface area contributed by atoms with E-state index in [9.17, 15) is 0 Å². The first-order valence-electron chi connectivity index (χ1n) is 16.4. The van der Waals surface area contributed by atoms with E-state index in [4.69, 9.17) is 29.9 Å². The van der Waals surface area contributed by atoms with Crippen molar-refractivity contribution in [1.29, 1.82) is 0 Å². The lowest BCUT2D eigenvalue weighted by Gasteiger charge is -2.61. The second kappa shape index (κ2) is 8.63. The summed E-state index contributed by atoms with van der Waals surface area (Å²) in [5, 5.41) is 0. The lowest BCUT2D eigenvalue weighted by molar-refractivity contribution is 0.0747. The minimum atomic E-state index is -0.614. The molecular weight excluding hydrogens is 552 g/mol. The Hall–Kier alpha value is -3.54. The van der Waals surface area contributed by atoms with Crippen LogP contribution in [0, 0.1) is 0 Å². The molecule has 9 aliphatic rings. The van der Waals surface area contributed by atoms with E-state index in [1.807, 2.05) is 12.4 Å². The second-order valence-electron chi connectivity index (χ2n) is 17.0. The molecule has 6 heteroatoms. The van der Waals surface area contributed by atoms with Crippen LogP contribution in [0.5, 0.6) is 0 Å². The Morgan fingerprint density at radius 1 is 0.378 bits per heavy atom. The van der Waals surface area contributed by atoms with E-state index >= 15 is 0 Å². The normalized spacial score (nSPS) is 33.0. The Labute approximate surface area is 269 Å². The molecule has 4 aromatic rings. The summed E-state index contributed by atoms with van der Waals surface area (Å²) < 4.78 is 0. The zero-order valence-corrected chi connectivity index (χ0v) is 29.2. The van der Waals surface area contributed by atoms with Gasteiger partial charge in [-0.3, -0.25) is 19.9 Å². The third-order valence-electron chi connectivity index (χ3n) is 14.7. The van der Waals surface area contributed by atoms with E-state index in [-0.39, 0.29) is 5.41 Å². The molecule has 4 aromatic heterocycles. The average molecular weight is 601 g/mol. The molecule has 0 saturated carbocycles. The number of aromatic nitrogens is 6. The van der Waals surface area contributed by atoms with Gasteiger partial charge in [-0.1, -0.05) is 95.2 Å². The van der Waals surface area contributed by atoms with Gasteiger partial charge >= 0.3 is 0 Å². The Kier molecular flexibility index (Phi) is 5.78. The van der Waals surface area contributed by atoms with E-state index in [1.54, 1.807) is 0 Å². The van der Waals surface area contributed by atoms with Crippen LogP contribution < -0.4 is 0 Å². The van der Waals surface area contributed by atoms with Crippen molar-refractivity contribution in [1.82, 2.24) is 29.9 Å². The molecule has 4 unspecified atom stereocenters. The van der Waals surface area contributed by atoms with Crippen molar-refractivity contribution in [2.75, 3.05) is 0 Å². The predicted octanol–water partition coefficient (Wildman–Crippen LogP) is 7.73. The van der Waals surface area contributed by atoms with Crippen LogP contribution in [0.25, 0.3) is 0 Å². The first-order valence-corrected chi connectivity index (χ1v) is 16.4. The van der Waals surface area contributed by atoms with Gasteiger partial charge in [0.05, 0.1) is 11.4 Å². The highest BCUT2D eigenvalue weighted by Gasteiger charge is 2.65. The molecule has 0 saturated heterocycles. The van der Waals surface area contributed by atoms with Crippen LogP contribution in [0.1, 0.15) is 135 Å². The van der Waals surface area contributed by atoms with Crippen LogP contribution in [0.2, 0.25) is 0 Å². The van der Waals surface area contributed by atoms with Crippen LogP contribution in [0.4, 0.5) is 0 Å². The molecule has 0 amide bonds. The topological polar surface area (TPSA) is 77.3 Å². The first kappa shape index (κ1) is 30.1. The van der Waals surface area contributed by atoms with Crippen molar-refractivity contribution in [2.45, 2.75) is 133 Å². The van der Waals surface area contributed by atoms with Crippen molar-refractivity contribution in [2.24, 2.45) is 0 Å². The van der Waals surface area contributed by atoms with Crippen LogP contribution in [-0.2, 0) is 43.3 Å². The van der Waals surface area contributed by atoms with E-state index in [2.05, 4.69) is 132 Å². The van der Waals surface area contributed by atoms with Gasteiger partial charge in [0.25, 0.3) is 0 Å². The van der Waals surface area contributed by atoms with E-state index in [0.29, 0.717) is 0 Å². The van der Waals surface area contributed by atoms with Gasteiger partial charge in [0.1, 0.15) is 5.82 Å². The van der Waals surface area contributed by atoms with Crippen molar-refractivity contribution in [3.63, 3.8) is 0 Å². The molecule has 6 nitrogen and oxygen atoms in total. The highest BCUT2D eigenvalue weighted by Crippen LogP contribution is 2.63. The predicted molar refractivity (Wildman–Crippen MR) is 179 cm³/mol. The Bertz CT molecular complexity index is 1670. The molecule has 0 spiro atoms. The third kappa shape index (κ3) is 3.26. The van der Waals surface area contributed by atoms with Gasteiger partial charge in [-0.25, -0.2) is 9.97 Å². The van der Waals surface area contributed by atoms with E-state index in [0.717, 1.165) is 40.6 Å². The maximum atomic E-state index is 5.49. The van der Waals surface area contributed by atoms with E-state index < -0.39 is 37.9 Å². The second-order valence-corrected chi connectivity index (χ2v) is 17.0. The molecule has 45 heavy (non-hydrogen) atoms. The summed E-state index contributed by atoms with van der Waals surface area (Å²) in [5.74, 6) is 0.825. The summed E-state index contributed by atoms with van der Waals surface area (Å²) in [6, 6.07) is 9.26. The smallest absolute Gasteiger partial charge is 0.135 e. The maximum absolute atomic E-state index is 5.49. The third-order valence-corrected chi connectivity index (χ3v) is 14.7. The molecule has 12 heterocycles. The van der Waals surface area contributed by atoms with Crippen LogP contribution in [0.15, 0.2) is 61.4 Å². The molecule has 0 fully saturated rings. The first-order chi connectivity index (χ1) is 20.8. The van der Waals surface area contributed by atoms with Gasteiger partial charge in [0, 0.05) is 91.9 Å². The molecule has 0 aromatic carbocycles. The van der Waals surface area contributed by atoms with Crippen molar-refractivity contribution < 1.29 is 0 Å². The van der Waals surface area contributed by atoms with Gasteiger partial charge in [-0.05, 0) is 35.2 Å². The van der Waals surface area contributed by atoms with Gasteiger partial charge in [-0.2, -0.15) is 0 Å². The summed E-state index contributed by atoms with van der Waals surface area (Å²) in [5.41, 5.74) is 3.41. The van der Waals surface area contributed by atoms with Gasteiger partial charge in [0.2, 0.25) is 0 Å². The van der Waals surface area contributed by atoms with Crippen LogP contribution >= 0.6 is 0 Å². The zero-order valence-electron chi connectivity index (χ0n) is 29.2. The fourth-order valence-corrected chi connectivity index (χ4v) is 9.55. The lowest BCUT2D eigenvalue weighted by atomic mass is 9.41. The Balaban J connectivity index is 1.79. The molecular formula is C39H48N6. The summed E-state index contributed by atoms with van der Waals surface area (Å²) in [4.78, 5) is 32.0.